The Bertz CT molecular complexity index is 701. The average molecular weight is 340 g/mol. The van der Waals surface area contributed by atoms with Gasteiger partial charge in [-0.25, -0.2) is 0 Å². The van der Waals surface area contributed by atoms with E-state index in [9.17, 15) is 9.59 Å². The van der Waals surface area contributed by atoms with Crippen LogP contribution in [-0.2, 0) is 4.79 Å². The fourth-order valence-electron chi connectivity index (χ4n) is 2.36. The van der Waals surface area contributed by atoms with E-state index in [4.69, 9.17) is 4.74 Å². The highest BCUT2D eigenvalue weighted by Crippen LogP contribution is 2.13. The zero-order valence-corrected chi connectivity index (χ0v) is 14.7. The van der Waals surface area contributed by atoms with Gasteiger partial charge in [0, 0.05) is 31.4 Å². The molecule has 0 unspecified atom stereocenters. The van der Waals surface area contributed by atoms with Crippen LogP contribution in [0.15, 0.2) is 54.6 Å². The maximum Gasteiger partial charge on any atom is 0.257 e. The molecule has 0 heterocycles. The molecule has 0 aliphatic heterocycles. The molecule has 2 aromatic rings. The number of carbonyl (C=O) groups excluding carboxylic acids is 2. The van der Waals surface area contributed by atoms with E-state index in [1.54, 1.807) is 24.3 Å². The molecule has 1 amide bonds. The summed E-state index contributed by atoms with van der Waals surface area (Å²) in [6.45, 7) is 2.88. The number of amides is 1. The van der Waals surface area contributed by atoms with Crippen LogP contribution in [0.2, 0.25) is 0 Å². The van der Waals surface area contributed by atoms with Crippen molar-refractivity contribution in [3.63, 3.8) is 0 Å². The number of ether oxygens (including phenoxy) is 1. The van der Waals surface area contributed by atoms with E-state index in [-0.39, 0.29) is 18.3 Å². The average Bonchev–Trinajstić information content (AvgIpc) is 2.64. The third-order valence-electron chi connectivity index (χ3n) is 3.80. The van der Waals surface area contributed by atoms with Gasteiger partial charge in [0.25, 0.3) is 5.91 Å². The molecule has 2 rings (SSSR count). The number of ketones is 1. The van der Waals surface area contributed by atoms with Gasteiger partial charge >= 0.3 is 0 Å². The molecule has 0 aliphatic carbocycles. The van der Waals surface area contributed by atoms with Gasteiger partial charge < -0.3 is 15.0 Å². The van der Waals surface area contributed by atoms with E-state index < -0.39 is 0 Å². The first-order valence-electron chi connectivity index (χ1n) is 8.33. The normalized spacial score (nSPS) is 10.2. The number of nitrogens with one attached hydrogen (secondary N) is 1. The Balaban J connectivity index is 1.66. The van der Waals surface area contributed by atoms with Crippen LogP contribution in [-0.4, -0.2) is 38.4 Å². The van der Waals surface area contributed by atoms with Crippen LogP contribution in [0.25, 0.3) is 0 Å². The molecule has 0 aliphatic rings. The fraction of sp³-hybridized carbons (Fsp3) is 0.300. The third kappa shape index (κ3) is 6.30. The van der Waals surface area contributed by atoms with E-state index >= 15 is 0 Å². The summed E-state index contributed by atoms with van der Waals surface area (Å²) < 4.78 is 5.43. The first-order valence-corrected chi connectivity index (χ1v) is 8.33. The second kappa shape index (κ2) is 9.47. The zero-order chi connectivity index (χ0) is 18.1. The standard InChI is InChI=1S/C20H24N2O3/c1-16(23)17-8-6-11-19(14-17)25-15-20(24)21-12-7-13-22(2)18-9-4-3-5-10-18/h3-6,8-11,14H,7,12-13,15H2,1-2H3,(H,21,24). The summed E-state index contributed by atoms with van der Waals surface area (Å²) in [7, 11) is 2.03. The molecule has 0 spiro atoms. The van der Waals surface area contributed by atoms with Crippen molar-refractivity contribution >= 4 is 17.4 Å². The van der Waals surface area contributed by atoms with Crippen LogP contribution in [0.5, 0.6) is 5.75 Å². The lowest BCUT2D eigenvalue weighted by Crippen LogP contribution is -2.31. The zero-order valence-electron chi connectivity index (χ0n) is 14.7. The van der Waals surface area contributed by atoms with Crippen LogP contribution >= 0.6 is 0 Å². The van der Waals surface area contributed by atoms with Crippen LogP contribution in [0.1, 0.15) is 23.7 Å². The maximum atomic E-state index is 11.8. The predicted octanol–water partition coefficient (Wildman–Crippen LogP) is 2.91. The SMILES string of the molecule is CC(=O)c1cccc(OCC(=O)NCCCN(C)c2ccccc2)c1. The number of rotatable bonds is 9. The maximum absolute atomic E-state index is 11.8. The number of hydrogen-bond donors (Lipinski definition) is 1. The van der Waals surface area contributed by atoms with Crippen LogP contribution in [0.4, 0.5) is 5.69 Å². The van der Waals surface area contributed by atoms with Crippen molar-refractivity contribution in [3.05, 3.63) is 60.2 Å². The number of benzene rings is 2. The molecule has 2 aromatic carbocycles. The molecule has 0 saturated carbocycles. The molecule has 0 aromatic heterocycles. The molecule has 25 heavy (non-hydrogen) atoms. The largest absolute Gasteiger partial charge is 0.484 e. The van der Waals surface area contributed by atoms with Gasteiger partial charge in [-0.3, -0.25) is 9.59 Å². The van der Waals surface area contributed by atoms with E-state index in [0.717, 1.165) is 18.7 Å². The first-order chi connectivity index (χ1) is 12.1. The highest BCUT2D eigenvalue weighted by Gasteiger charge is 2.05. The smallest absolute Gasteiger partial charge is 0.257 e. The molecule has 1 N–H and O–H groups in total. The molecule has 5 heteroatoms. The van der Waals surface area contributed by atoms with Crippen molar-refractivity contribution in [1.82, 2.24) is 5.32 Å². The number of carbonyl (C=O) groups is 2. The second-order valence-electron chi connectivity index (χ2n) is 5.83. The second-order valence-corrected chi connectivity index (χ2v) is 5.83. The van der Waals surface area contributed by atoms with Gasteiger partial charge in [0.05, 0.1) is 0 Å². The Morgan fingerprint density at radius 3 is 2.56 bits per heavy atom. The van der Waals surface area contributed by atoms with Crippen LogP contribution < -0.4 is 15.0 Å². The lowest BCUT2D eigenvalue weighted by molar-refractivity contribution is -0.123. The van der Waals surface area contributed by atoms with Gasteiger partial charge in [0.1, 0.15) is 5.75 Å². The minimum atomic E-state index is -0.171. The van der Waals surface area contributed by atoms with Crippen molar-refractivity contribution in [3.8, 4) is 5.75 Å². The number of Topliss-reactive ketones (excluding diaryl/α,β-unsaturated/α-hetero) is 1. The van der Waals surface area contributed by atoms with Gasteiger partial charge in [-0.2, -0.15) is 0 Å². The predicted molar refractivity (Wildman–Crippen MR) is 99.3 cm³/mol. The van der Waals surface area contributed by atoms with Gasteiger partial charge in [-0.1, -0.05) is 30.3 Å². The first kappa shape index (κ1) is 18.5. The highest BCUT2D eigenvalue weighted by molar-refractivity contribution is 5.94. The summed E-state index contributed by atoms with van der Waals surface area (Å²) in [5.74, 6) is 0.319. The van der Waals surface area contributed by atoms with E-state index in [1.165, 1.54) is 6.92 Å². The minimum absolute atomic E-state index is 0.0302. The van der Waals surface area contributed by atoms with Gasteiger partial charge in [-0.05, 0) is 37.6 Å². The Kier molecular flexibility index (Phi) is 7.01. The van der Waals surface area contributed by atoms with Crippen LogP contribution in [0, 0.1) is 0 Å². The van der Waals surface area contributed by atoms with E-state index in [2.05, 4.69) is 22.3 Å². The van der Waals surface area contributed by atoms with E-state index in [1.807, 2.05) is 25.2 Å². The van der Waals surface area contributed by atoms with Crippen molar-refractivity contribution < 1.29 is 14.3 Å². The summed E-state index contributed by atoms with van der Waals surface area (Å²) in [5, 5.41) is 2.84. The molecule has 132 valence electrons. The van der Waals surface area contributed by atoms with Crippen molar-refractivity contribution in [2.45, 2.75) is 13.3 Å². The summed E-state index contributed by atoms with van der Waals surface area (Å²) in [6.07, 6.45) is 0.844. The Hall–Kier alpha value is -2.82. The summed E-state index contributed by atoms with van der Waals surface area (Å²) in [5.41, 5.74) is 1.73. The lowest BCUT2D eigenvalue weighted by Gasteiger charge is -2.19. The quantitative estimate of drug-likeness (QED) is 0.563. The third-order valence-corrected chi connectivity index (χ3v) is 3.80. The Morgan fingerprint density at radius 1 is 1.08 bits per heavy atom. The lowest BCUT2D eigenvalue weighted by atomic mass is 10.1. The highest BCUT2D eigenvalue weighted by atomic mass is 16.5. The Labute approximate surface area is 148 Å². The van der Waals surface area contributed by atoms with Gasteiger partial charge in [0.15, 0.2) is 12.4 Å². The molecular weight excluding hydrogens is 316 g/mol. The van der Waals surface area contributed by atoms with Crippen molar-refractivity contribution in [2.75, 3.05) is 31.6 Å². The number of anilines is 1. The van der Waals surface area contributed by atoms with Crippen molar-refractivity contribution in [2.24, 2.45) is 0 Å². The molecule has 0 atom stereocenters. The summed E-state index contributed by atoms with van der Waals surface area (Å²) in [4.78, 5) is 25.3. The minimum Gasteiger partial charge on any atom is -0.484 e. The summed E-state index contributed by atoms with van der Waals surface area (Å²) >= 11 is 0. The number of para-hydroxylation sites is 1. The molecular formula is C20H24N2O3. The molecule has 5 nitrogen and oxygen atoms in total. The molecule has 0 saturated heterocycles. The van der Waals surface area contributed by atoms with Crippen molar-refractivity contribution in [1.29, 1.82) is 0 Å². The monoisotopic (exact) mass is 340 g/mol. The Morgan fingerprint density at radius 2 is 1.84 bits per heavy atom. The molecule has 0 radical (unpaired) electrons. The topological polar surface area (TPSA) is 58.6 Å². The number of hydrogen-bond acceptors (Lipinski definition) is 4. The van der Waals surface area contributed by atoms with Gasteiger partial charge in [-0.15, -0.1) is 0 Å². The molecule has 0 bridgehead atoms. The summed E-state index contributed by atoms with van der Waals surface area (Å²) in [6, 6.07) is 17.0. The molecule has 0 fully saturated rings. The number of nitrogens with zero attached hydrogens (tertiary/aromatic N) is 1. The fourth-order valence-corrected chi connectivity index (χ4v) is 2.36. The van der Waals surface area contributed by atoms with E-state index in [0.29, 0.717) is 17.9 Å². The van der Waals surface area contributed by atoms with Crippen LogP contribution in [0.3, 0.4) is 0 Å². The van der Waals surface area contributed by atoms with Gasteiger partial charge in [0.2, 0.25) is 0 Å².